The van der Waals surface area contributed by atoms with Crippen molar-refractivity contribution in [2.75, 3.05) is 19.8 Å². The molecule has 1 aromatic carbocycles. The van der Waals surface area contributed by atoms with E-state index in [1.807, 2.05) is 45.0 Å². The van der Waals surface area contributed by atoms with Gasteiger partial charge < -0.3 is 9.47 Å². The number of nitrogens with zero attached hydrogens (tertiary/aromatic N) is 1. The SMILES string of the molecule is CCNC(C)(C#N)CCOc1ccccc1OCC. The topological polar surface area (TPSA) is 54.3 Å². The molecule has 1 atom stereocenters. The lowest BCUT2D eigenvalue weighted by Gasteiger charge is -2.22. The van der Waals surface area contributed by atoms with E-state index in [0.717, 1.165) is 18.0 Å². The van der Waals surface area contributed by atoms with Crippen LogP contribution in [-0.4, -0.2) is 25.3 Å². The zero-order valence-corrected chi connectivity index (χ0v) is 11.9. The summed E-state index contributed by atoms with van der Waals surface area (Å²) in [4.78, 5) is 0. The molecule has 0 radical (unpaired) electrons. The van der Waals surface area contributed by atoms with Gasteiger partial charge in [-0.2, -0.15) is 5.26 Å². The van der Waals surface area contributed by atoms with Gasteiger partial charge >= 0.3 is 0 Å². The smallest absolute Gasteiger partial charge is 0.161 e. The van der Waals surface area contributed by atoms with E-state index >= 15 is 0 Å². The highest BCUT2D eigenvalue weighted by Crippen LogP contribution is 2.26. The molecule has 0 aliphatic rings. The summed E-state index contributed by atoms with van der Waals surface area (Å²) >= 11 is 0. The van der Waals surface area contributed by atoms with Crippen molar-refractivity contribution in [1.29, 1.82) is 5.26 Å². The molecule has 0 aliphatic heterocycles. The summed E-state index contributed by atoms with van der Waals surface area (Å²) in [6.45, 7) is 7.65. The Bertz CT molecular complexity index is 428. The van der Waals surface area contributed by atoms with Gasteiger partial charge in [-0.05, 0) is 32.5 Å². The first-order valence-electron chi connectivity index (χ1n) is 6.66. The van der Waals surface area contributed by atoms with Crippen LogP contribution in [0.25, 0.3) is 0 Å². The number of hydrogen-bond donors (Lipinski definition) is 1. The zero-order valence-electron chi connectivity index (χ0n) is 11.9. The summed E-state index contributed by atoms with van der Waals surface area (Å²) < 4.78 is 11.2. The Morgan fingerprint density at radius 3 is 2.37 bits per heavy atom. The van der Waals surface area contributed by atoms with E-state index in [0.29, 0.717) is 19.6 Å². The van der Waals surface area contributed by atoms with Gasteiger partial charge in [-0.3, -0.25) is 5.32 Å². The van der Waals surface area contributed by atoms with Crippen LogP contribution in [-0.2, 0) is 0 Å². The van der Waals surface area contributed by atoms with Gasteiger partial charge in [-0.1, -0.05) is 19.1 Å². The van der Waals surface area contributed by atoms with Crippen LogP contribution in [0.4, 0.5) is 0 Å². The van der Waals surface area contributed by atoms with Crippen LogP contribution in [0.3, 0.4) is 0 Å². The van der Waals surface area contributed by atoms with Crippen LogP contribution < -0.4 is 14.8 Å². The van der Waals surface area contributed by atoms with Gasteiger partial charge in [0.1, 0.15) is 5.54 Å². The van der Waals surface area contributed by atoms with Crippen molar-refractivity contribution in [2.45, 2.75) is 32.7 Å². The molecule has 0 heterocycles. The average Bonchev–Trinajstić information content (AvgIpc) is 2.41. The maximum absolute atomic E-state index is 9.16. The van der Waals surface area contributed by atoms with Gasteiger partial charge in [0.05, 0.1) is 19.3 Å². The second-order valence-corrected chi connectivity index (χ2v) is 4.45. The van der Waals surface area contributed by atoms with Crippen LogP contribution in [0.2, 0.25) is 0 Å². The third-order valence-corrected chi connectivity index (χ3v) is 2.82. The van der Waals surface area contributed by atoms with E-state index in [4.69, 9.17) is 14.7 Å². The standard InChI is InChI=1S/C15H22N2O2/c1-4-17-15(3,12-16)10-11-19-14-9-7-6-8-13(14)18-5-2/h6-9,17H,4-5,10-11H2,1-3H3. The molecule has 1 aromatic rings. The average molecular weight is 262 g/mol. The molecule has 1 N–H and O–H groups in total. The van der Waals surface area contributed by atoms with Crippen molar-refractivity contribution in [3.05, 3.63) is 24.3 Å². The van der Waals surface area contributed by atoms with Crippen LogP contribution >= 0.6 is 0 Å². The van der Waals surface area contributed by atoms with Crippen molar-refractivity contribution < 1.29 is 9.47 Å². The second-order valence-electron chi connectivity index (χ2n) is 4.45. The molecule has 0 saturated carbocycles. The van der Waals surface area contributed by atoms with Crippen LogP contribution in [0, 0.1) is 11.3 Å². The molecule has 19 heavy (non-hydrogen) atoms. The van der Waals surface area contributed by atoms with Crippen molar-refractivity contribution >= 4 is 0 Å². The highest BCUT2D eigenvalue weighted by Gasteiger charge is 2.22. The number of rotatable bonds is 8. The molecule has 1 unspecified atom stereocenters. The van der Waals surface area contributed by atoms with E-state index in [2.05, 4.69) is 11.4 Å². The van der Waals surface area contributed by atoms with Gasteiger partial charge in [-0.25, -0.2) is 0 Å². The zero-order chi connectivity index (χ0) is 14.1. The van der Waals surface area contributed by atoms with Crippen molar-refractivity contribution in [3.8, 4) is 17.6 Å². The third kappa shape index (κ3) is 4.80. The summed E-state index contributed by atoms with van der Waals surface area (Å²) in [6.07, 6.45) is 0.623. The van der Waals surface area contributed by atoms with E-state index < -0.39 is 5.54 Å². The number of para-hydroxylation sites is 2. The highest BCUT2D eigenvalue weighted by molar-refractivity contribution is 5.39. The first kappa shape index (κ1) is 15.3. The fourth-order valence-corrected chi connectivity index (χ4v) is 1.78. The largest absolute Gasteiger partial charge is 0.490 e. The first-order valence-corrected chi connectivity index (χ1v) is 6.66. The molecule has 0 fully saturated rings. The number of hydrogen-bond acceptors (Lipinski definition) is 4. The quantitative estimate of drug-likeness (QED) is 0.782. The number of ether oxygens (including phenoxy) is 2. The summed E-state index contributed by atoms with van der Waals surface area (Å²) in [5.41, 5.74) is -0.546. The van der Waals surface area contributed by atoms with E-state index in [1.165, 1.54) is 0 Å². The lowest BCUT2D eigenvalue weighted by Crippen LogP contribution is -2.42. The van der Waals surface area contributed by atoms with E-state index in [9.17, 15) is 0 Å². The Kier molecular flexibility index (Phi) is 6.17. The first-order chi connectivity index (χ1) is 9.15. The monoisotopic (exact) mass is 262 g/mol. The van der Waals surface area contributed by atoms with Crippen molar-refractivity contribution in [2.24, 2.45) is 0 Å². The Labute approximate surface area is 115 Å². The van der Waals surface area contributed by atoms with Gasteiger partial charge in [0.25, 0.3) is 0 Å². The summed E-state index contributed by atoms with van der Waals surface area (Å²) in [7, 11) is 0. The molecule has 4 heteroatoms. The molecule has 0 spiro atoms. The van der Waals surface area contributed by atoms with E-state index in [-0.39, 0.29) is 0 Å². The minimum atomic E-state index is -0.546. The third-order valence-electron chi connectivity index (χ3n) is 2.82. The maximum atomic E-state index is 9.16. The molecule has 0 amide bonds. The number of nitriles is 1. The molecule has 1 rings (SSSR count). The number of benzene rings is 1. The fraction of sp³-hybridized carbons (Fsp3) is 0.533. The molecule has 0 aromatic heterocycles. The van der Waals surface area contributed by atoms with Gasteiger partial charge in [0.15, 0.2) is 11.5 Å². The molecular weight excluding hydrogens is 240 g/mol. The molecule has 0 bridgehead atoms. The maximum Gasteiger partial charge on any atom is 0.161 e. The van der Waals surface area contributed by atoms with Crippen LogP contribution in [0.15, 0.2) is 24.3 Å². The van der Waals surface area contributed by atoms with Crippen LogP contribution in [0.1, 0.15) is 27.2 Å². The predicted octanol–water partition coefficient (Wildman–Crippen LogP) is 2.75. The van der Waals surface area contributed by atoms with E-state index in [1.54, 1.807) is 0 Å². The summed E-state index contributed by atoms with van der Waals surface area (Å²) in [6, 6.07) is 9.86. The van der Waals surface area contributed by atoms with Gasteiger partial charge in [-0.15, -0.1) is 0 Å². The predicted molar refractivity (Wildman–Crippen MR) is 75.4 cm³/mol. The second kappa shape index (κ2) is 7.65. The molecule has 4 nitrogen and oxygen atoms in total. The normalized spacial score (nSPS) is 13.4. The molecule has 0 saturated heterocycles. The van der Waals surface area contributed by atoms with Gasteiger partial charge in [0, 0.05) is 6.42 Å². The minimum Gasteiger partial charge on any atom is -0.490 e. The molecule has 104 valence electrons. The lowest BCUT2D eigenvalue weighted by atomic mass is 10.0. The Balaban J connectivity index is 2.55. The Morgan fingerprint density at radius 2 is 1.84 bits per heavy atom. The summed E-state index contributed by atoms with van der Waals surface area (Å²) in [5, 5.41) is 12.3. The summed E-state index contributed by atoms with van der Waals surface area (Å²) in [5.74, 6) is 1.47. The Hall–Kier alpha value is -1.73. The Morgan fingerprint density at radius 1 is 1.21 bits per heavy atom. The molecule has 0 aliphatic carbocycles. The fourth-order valence-electron chi connectivity index (χ4n) is 1.78. The minimum absolute atomic E-state index is 0.473. The van der Waals surface area contributed by atoms with Crippen molar-refractivity contribution in [1.82, 2.24) is 5.32 Å². The number of nitrogens with one attached hydrogen (secondary N) is 1. The van der Waals surface area contributed by atoms with Crippen molar-refractivity contribution in [3.63, 3.8) is 0 Å². The van der Waals surface area contributed by atoms with Gasteiger partial charge in [0.2, 0.25) is 0 Å². The lowest BCUT2D eigenvalue weighted by molar-refractivity contribution is 0.249. The molecular formula is C15H22N2O2. The highest BCUT2D eigenvalue weighted by atomic mass is 16.5. The van der Waals surface area contributed by atoms with Crippen LogP contribution in [0.5, 0.6) is 11.5 Å².